The Morgan fingerprint density at radius 1 is 1.00 bits per heavy atom. The molecule has 0 aromatic heterocycles. The molecule has 0 aliphatic heterocycles. The number of hydrogen-bond donors (Lipinski definition) is 0. The van der Waals surface area contributed by atoms with Gasteiger partial charge >= 0.3 is 11.9 Å². The normalized spacial score (nSPS) is 11.2. The smallest absolute Gasteiger partial charge is 0.338 e. The van der Waals surface area contributed by atoms with Crippen LogP contribution in [0.15, 0.2) is 42.5 Å². The summed E-state index contributed by atoms with van der Waals surface area (Å²) < 4.78 is 14.2. The lowest BCUT2D eigenvalue weighted by atomic mass is 10.1. The van der Waals surface area contributed by atoms with Gasteiger partial charge in [-0.05, 0) is 23.8 Å². The van der Waals surface area contributed by atoms with Crippen molar-refractivity contribution in [1.29, 1.82) is 0 Å². The number of carbonyl (C=O) groups is 2. The van der Waals surface area contributed by atoms with Crippen molar-refractivity contribution < 1.29 is 23.8 Å². The van der Waals surface area contributed by atoms with Crippen molar-refractivity contribution in [2.75, 3.05) is 21.3 Å². The molecule has 1 aromatic rings. The summed E-state index contributed by atoms with van der Waals surface area (Å²) in [5.74, 6) is -0.312. The Morgan fingerprint density at radius 2 is 1.65 bits per heavy atom. The molecule has 20 heavy (non-hydrogen) atoms. The highest BCUT2D eigenvalue weighted by molar-refractivity contribution is 6.16. The van der Waals surface area contributed by atoms with Gasteiger partial charge in [0.2, 0.25) is 0 Å². The van der Waals surface area contributed by atoms with Crippen LogP contribution in [-0.2, 0) is 19.1 Å². The second-order valence-corrected chi connectivity index (χ2v) is 3.68. The van der Waals surface area contributed by atoms with Crippen LogP contribution in [0.2, 0.25) is 0 Å². The van der Waals surface area contributed by atoms with E-state index in [9.17, 15) is 9.59 Å². The maximum atomic E-state index is 11.7. The number of esters is 2. The predicted octanol–water partition coefficient (Wildman–Crippen LogP) is 1.98. The molecule has 0 saturated carbocycles. The lowest BCUT2D eigenvalue weighted by Gasteiger charge is -2.06. The number of ether oxygens (including phenoxy) is 3. The molecule has 0 N–H and O–H groups in total. The average Bonchev–Trinajstić information content (AvgIpc) is 2.50. The zero-order valence-corrected chi connectivity index (χ0v) is 11.6. The fraction of sp³-hybridized carbons (Fsp3) is 0.200. The quantitative estimate of drug-likeness (QED) is 0.467. The van der Waals surface area contributed by atoms with Gasteiger partial charge in [0.05, 0.1) is 26.9 Å². The van der Waals surface area contributed by atoms with E-state index < -0.39 is 11.9 Å². The van der Waals surface area contributed by atoms with Gasteiger partial charge in [0, 0.05) is 6.08 Å². The lowest BCUT2D eigenvalue weighted by molar-refractivity contribution is -0.135. The van der Waals surface area contributed by atoms with Crippen LogP contribution in [0.1, 0.15) is 5.56 Å². The summed E-state index contributed by atoms with van der Waals surface area (Å²) in [5, 5.41) is 0. The Bertz CT molecular complexity index is 526. The highest BCUT2D eigenvalue weighted by Crippen LogP contribution is 2.19. The summed E-state index contributed by atoms with van der Waals surface area (Å²) in [6.07, 6.45) is 4.14. The summed E-state index contributed by atoms with van der Waals surface area (Å²) >= 11 is 0. The molecule has 0 fully saturated rings. The molecule has 0 aliphatic carbocycles. The molecule has 1 aromatic carbocycles. The fourth-order valence-corrected chi connectivity index (χ4v) is 1.45. The van der Waals surface area contributed by atoms with Crippen LogP contribution in [0.25, 0.3) is 5.57 Å². The van der Waals surface area contributed by atoms with E-state index >= 15 is 0 Å². The SMILES string of the molecule is COC(=O)/C=C\C=C(\C(=O)OC)c1ccc(OC)cc1. The molecule has 0 unspecified atom stereocenters. The molecule has 5 nitrogen and oxygen atoms in total. The van der Waals surface area contributed by atoms with E-state index in [0.717, 1.165) is 0 Å². The molecular weight excluding hydrogens is 260 g/mol. The summed E-state index contributed by atoms with van der Waals surface area (Å²) in [4.78, 5) is 22.7. The van der Waals surface area contributed by atoms with Gasteiger partial charge in [-0.25, -0.2) is 9.59 Å². The maximum Gasteiger partial charge on any atom is 0.338 e. The summed E-state index contributed by atoms with van der Waals surface area (Å²) in [6, 6.07) is 6.92. The highest BCUT2D eigenvalue weighted by Gasteiger charge is 2.11. The van der Waals surface area contributed by atoms with Crippen molar-refractivity contribution in [1.82, 2.24) is 0 Å². The van der Waals surface area contributed by atoms with Gasteiger partial charge in [-0.1, -0.05) is 18.2 Å². The minimum Gasteiger partial charge on any atom is -0.497 e. The Balaban J connectivity index is 3.05. The minimum absolute atomic E-state index is 0.329. The van der Waals surface area contributed by atoms with Crippen molar-refractivity contribution in [3.05, 3.63) is 48.1 Å². The topological polar surface area (TPSA) is 61.8 Å². The number of methoxy groups -OCH3 is 3. The van der Waals surface area contributed by atoms with E-state index in [-0.39, 0.29) is 0 Å². The third-order valence-electron chi connectivity index (χ3n) is 2.50. The van der Waals surface area contributed by atoms with Crippen molar-refractivity contribution in [2.45, 2.75) is 0 Å². The first-order valence-corrected chi connectivity index (χ1v) is 5.81. The van der Waals surface area contributed by atoms with Gasteiger partial charge in [0.15, 0.2) is 0 Å². The summed E-state index contributed by atoms with van der Waals surface area (Å²) in [7, 11) is 4.13. The Kier molecular flexibility index (Phi) is 6.03. The van der Waals surface area contributed by atoms with Gasteiger partial charge < -0.3 is 14.2 Å². The standard InChI is InChI=1S/C15H16O5/c1-18-12-9-7-11(8-10-12)13(15(17)20-3)5-4-6-14(16)19-2/h4-10H,1-3H3/b6-4-,13-5+. The first-order valence-electron chi connectivity index (χ1n) is 5.81. The Labute approximate surface area is 117 Å². The van der Waals surface area contributed by atoms with Gasteiger partial charge in [-0.15, -0.1) is 0 Å². The minimum atomic E-state index is -0.500. The Hall–Kier alpha value is -2.56. The first kappa shape index (κ1) is 15.5. The predicted molar refractivity (Wildman–Crippen MR) is 74.1 cm³/mol. The molecule has 0 amide bonds. The van der Waals surface area contributed by atoms with Gasteiger partial charge in [-0.2, -0.15) is 0 Å². The van der Waals surface area contributed by atoms with E-state index in [4.69, 9.17) is 9.47 Å². The zero-order chi connectivity index (χ0) is 15.0. The van der Waals surface area contributed by atoms with Gasteiger partial charge in [-0.3, -0.25) is 0 Å². The van der Waals surface area contributed by atoms with Crippen LogP contribution in [0.5, 0.6) is 5.75 Å². The van der Waals surface area contributed by atoms with Crippen LogP contribution in [0, 0.1) is 0 Å². The lowest BCUT2D eigenvalue weighted by Crippen LogP contribution is -2.03. The number of carbonyl (C=O) groups excluding carboxylic acids is 2. The third-order valence-corrected chi connectivity index (χ3v) is 2.50. The van der Waals surface area contributed by atoms with Crippen molar-refractivity contribution >= 4 is 17.5 Å². The van der Waals surface area contributed by atoms with Crippen molar-refractivity contribution in [3.63, 3.8) is 0 Å². The zero-order valence-electron chi connectivity index (χ0n) is 11.6. The second-order valence-electron chi connectivity index (χ2n) is 3.68. The second kappa shape index (κ2) is 7.78. The molecule has 0 bridgehead atoms. The fourth-order valence-electron chi connectivity index (χ4n) is 1.45. The Morgan fingerprint density at radius 3 is 2.15 bits per heavy atom. The highest BCUT2D eigenvalue weighted by atomic mass is 16.5. The number of rotatable bonds is 5. The largest absolute Gasteiger partial charge is 0.497 e. The van der Waals surface area contributed by atoms with E-state index in [1.165, 1.54) is 32.4 Å². The van der Waals surface area contributed by atoms with Crippen LogP contribution in [-0.4, -0.2) is 33.3 Å². The van der Waals surface area contributed by atoms with E-state index in [2.05, 4.69) is 4.74 Å². The molecule has 5 heteroatoms. The summed E-state index contributed by atoms with van der Waals surface area (Å²) in [5.41, 5.74) is 0.988. The van der Waals surface area contributed by atoms with E-state index in [0.29, 0.717) is 16.9 Å². The van der Waals surface area contributed by atoms with E-state index in [1.807, 2.05) is 0 Å². The van der Waals surface area contributed by atoms with Crippen LogP contribution in [0.3, 0.4) is 0 Å². The van der Waals surface area contributed by atoms with E-state index in [1.54, 1.807) is 31.4 Å². The molecule has 0 saturated heterocycles. The van der Waals surface area contributed by atoms with Crippen molar-refractivity contribution in [2.24, 2.45) is 0 Å². The molecule has 106 valence electrons. The first-order chi connectivity index (χ1) is 9.62. The number of hydrogen-bond acceptors (Lipinski definition) is 5. The molecule has 0 radical (unpaired) electrons. The van der Waals surface area contributed by atoms with Crippen molar-refractivity contribution in [3.8, 4) is 5.75 Å². The van der Waals surface area contributed by atoms with Crippen LogP contribution in [0.4, 0.5) is 0 Å². The van der Waals surface area contributed by atoms with Crippen LogP contribution < -0.4 is 4.74 Å². The van der Waals surface area contributed by atoms with Gasteiger partial charge in [0.25, 0.3) is 0 Å². The maximum absolute atomic E-state index is 11.7. The average molecular weight is 276 g/mol. The summed E-state index contributed by atoms with van der Waals surface area (Å²) in [6.45, 7) is 0. The molecule has 1 rings (SSSR count). The molecule has 0 spiro atoms. The molecule has 0 heterocycles. The molecular formula is C15H16O5. The van der Waals surface area contributed by atoms with Gasteiger partial charge in [0.1, 0.15) is 5.75 Å². The molecule has 0 atom stereocenters. The number of benzene rings is 1. The number of allylic oxidation sites excluding steroid dienone is 2. The molecule has 0 aliphatic rings. The monoisotopic (exact) mass is 276 g/mol. The third kappa shape index (κ3) is 4.28. The van der Waals surface area contributed by atoms with Crippen LogP contribution >= 0.6 is 0 Å².